The van der Waals surface area contributed by atoms with Crippen LogP contribution < -0.4 is 21.7 Å². The van der Waals surface area contributed by atoms with E-state index < -0.39 is 0 Å². The number of unbranched alkanes of at least 4 members (excludes halogenated alkanes) is 5. The second-order valence-corrected chi connectivity index (χ2v) is 9.37. The van der Waals surface area contributed by atoms with E-state index >= 15 is 0 Å². The molecule has 30 heavy (non-hydrogen) atoms. The van der Waals surface area contributed by atoms with Crippen LogP contribution in [-0.4, -0.2) is 60.7 Å². The van der Waals surface area contributed by atoms with E-state index in [-0.39, 0.29) is 30.0 Å². The van der Waals surface area contributed by atoms with Gasteiger partial charge in [0.05, 0.1) is 18.7 Å². The predicted octanol–water partition coefficient (Wildman–Crippen LogP) is 2.06. The van der Waals surface area contributed by atoms with E-state index in [1.54, 1.807) is 0 Å². The number of fused-ring (bicyclic) bond motifs is 1. The molecule has 2 fully saturated rings. The molecule has 0 aromatic carbocycles. The highest BCUT2D eigenvalue weighted by Crippen LogP contribution is 2.33. The maximum absolute atomic E-state index is 11.9. The zero-order valence-corrected chi connectivity index (χ0v) is 18.8. The van der Waals surface area contributed by atoms with E-state index in [4.69, 9.17) is 10.5 Å². The van der Waals surface area contributed by atoms with E-state index in [1.165, 1.54) is 0 Å². The number of nitrogens with one attached hydrogen (secondary N) is 3. The second kappa shape index (κ2) is 14.5. The number of ether oxygens (including phenoxy) is 1. The van der Waals surface area contributed by atoms with E-state index in [9.17, 15) is 14.4 Å². The van der Waals surface area contributed by atoms with Gasteiger partial charge in [-0.2, -0.15) is 11.8 Å². The Morgan fingerprint density at radius 1 is 1.03 bits per heavy atom. The number of hydrogen-bond donors (Lipinski definition) is 4. The molecule has 172 valence electrons. The third-order valence-corrected chi connectivity index (χ3v) is 7.08. The highest BCUT2D eigenvalue weighted by molar-refractivity contribution is 8.00. The Morgan fingerprint density at radius 3 is 2.67 bits per heavy atom. The van der Waals surface area contributed by atoms with Crippen LogP contribution in [0.2, 0.25) is 0 Å². The fourth-order valence-corrected chi connectivity index (χ4v) is 5.39. The van der Waals surface area contributed by atoms with Crippen LogP contribution in [0.3, 0.4) is 0 Å². The predicted molar refractivity (Wildman–Crippen MR) is 119 cm³/mol. The van der Waals surface area contributed by atoms with Crippen LogP contribution in [0.4, 0.5) is 4.79 Å². The van der Waals surface area contributed by atoms with Crippen LogP contribution in [0.5, 0.6) is 0 Å². The van der Waals surface area contributed by atoms with E-state index in [2.05, 4.69) is 16.0 Å². The van der Waals surface area contributed by atoms with E-state index in [0.717, 1.165) is 63.5 Å². The quantitative estimate of drug-likeness (QED) is 0.165. The van der Waals surface area contributed by atoms with Gasteiger partial charge in [0.1, 0.15) is 0 Å². The van der Waals surface area contributed by atoms with Gasteiger partial charge in [0, 0.05) is 30.4 Å². The van der Waals surface area contributed by atoms with Crippen molar-refractivity contribution in [1.29, 1.82) is 0 Å². The SMILES string of the molecule is NCCCCCC(=O)OCCCCCNC(=O)CCCC[C@H]1SCC2NC(=O)NC21. The molecular weight excluding hydrogens is 404 g/mol. The van der Waals surface area contributed by atoms with Crippen molar-refractivity contribution < 1.29 is 19.1 Å². The first-order valence-corrected chi connectivity index (χ1v) is 12.5. The third-order valence-electron chi connectivity index (χ3n) is 5.57. The first kappa shape index (κ1) is 24.8. The van der Waals surface area contributed by atoms with Crippen LogP contribution in [-0.2, 0) is 14.3 Å². The lowest BCUT2D eigenvalue weighted by atomic mass is 10.0. The molecule has 2 unspecified atom stereocenters. The van der Waals surface area contributed by atoms with Gasteiger partial charge in [0.15, 0.2) is 0 Å². The Hall–Kier alpha value is -1.48. The van der Waals surface area contributed by atoms with Gasteiger partial charge in [-0.25, -0.2) is 4.79 Å². The number of urea groups is 1. The number of nitrogens with two attached hydrogens (primary N) is 1. The molecule has 0 spiro atoms. The standard InChI is InChI=1S/C21H38N4O4S/c22-12-6-1-3-11-19(27)29-14-8-2-7-13-23-18(26)10-5-4-9-17-20-16(15-30-17)24-21(28)25-20/h16-17,20H,1-15,22H2,(H,23,26)(H2,24,25,28)/t16?,17-,20?/m1/s1. The molecule has 2 rings (SSSR count). The molecule has 2 aliphatic rings. The maximum atomic E-state index is 11.9. The summed E-state index contributed by atoms with van der Waals surface area (Å²) >= 11 is 1.91. The van der Waals surface area contributed by atoms with Crippen molar-refractivity contribution in [3.05, 3.63) is 0 Å². The van der Waals surface area contributed by atoms with Gasteiger partial charge in [-0.1, -0.05) is 12.8 Å². The highest BCUT2D eigenvalue weighted by Gasteiger charge is 2.42. The fourth-order valence-electron chi connectivity index (χ4n) is 3.84. The Labute approximate surface area is 184 Å². The molecule has 0 bridgehead atoms. The Kier molecular flexibility index (Phi) is 12.0. The molecule has 0 aromatic rings. The monoisotopic (exact) mass is 442 g/mol. The first-order valence-electron chi connectivity index (χ1n) is 11.4. The number of carbonyl (C=O) groups excluding carboxylic acids is 3. The lowest BCUT2D eigenvalue weighted by Gasteiger charge is -2.16. The Morgan fingerprint density at radius 2 is 1.83 bits per heavy atom. The van der Waals surface area contributed by atoms with Crippen molar-refractivity contribution in [2.24, 2.45) is 5.73 Å². The minimum absolute atomic E-state index is 0.0498. The second-order valence-electron chi connectivity index (χ2n) is 8.10. The molecule has 0 aromatic heterocycles. The van der Waals surface area contributed by atoms with Crippen molar-refractivity contribution in [2.45, 2.75) is 88.0 Å². The number of thioether (sulfide) groups is 1. The third kappa shape index (κ3) is 9.55. The fraction of sp³-hybridized carbons (Fsp3) is 0.857. The van der Waals surface area contributed by atoms with Gasteiger partial charge in [-0.15, -0.1) is 0 Å². The van der Waals surface area contributed by atoms with Gasteiger partial charge in [-0.05, 0) is 51.5 Å². The molecule has 9 heteroatoms. The summed E-state index contributed by atoms with van der Waals surface area (Å²) < 4.78 is 5.20. The Bertz CT molecular complexity index is 549. The average Bonchev–Trinajstić information content (AvgIpc) is 3.27. The summed E-state index contributed by atoms with van der Waals surface area (Å²) in [7, 11) is 0. The topological polar surface area (TPSA) is 123 Å². The summed E-state index contributed by atoms with van der Waals surface area (Å²) in [6.07, 6.45) is 9.37. The number of esters is 1. The molecule has 0 saturated carbocycles. The van der Waals surface area contributed by atoms with E-state index in [1.807, 2.05) is 11.8 Å². The molecule has 2 saturated heterocycles. The minimum atomic E-state index is -0.126. The lowest BCUT2D eigenvalue weighted by molar-refractivity contribution is -0.143. The maximum Gasteiger partial charge on any atom is 0.315 e. The van der Waals surface area contributed by atoms with Crippen molar-refractivity contribution >= 4 is 29.7 Å². The normalized spacial score (nSPS) is 22.3. The summed E-state index contributed by atoms with van der Waals surface area (Å²) in [5.41, 5.74) is 5.42. The number of amides is 3. The summed E-state index contributed by atoms with van der Waals surface area (Å²) in [5.74, 6) is 0.952. The number of carbonyl (C=O) groups is 3. The number of rotatable bonds is 16. The molecule has 8 nitrogen and oxygen atoms in total. The Balaban J connectivity index is 1.36. The van der Waals surface area contributed by atoms with Gasteiger partial charge in [-0.3, -0.25) is 9.59 Å². The smallest absolute Gasteiger partial charge is 0.315 e. The van der Waals surface area contributed by atoms with Crippen molar-refractivity contribution in [1.82, 2.24) is 16.0 Å². The van der Waals surface area contributed by atoms with Crippen LogP contribution in [0, 0.1) is 0 Å². The van der Waals surface area contributed by atoms with Gasteiger partial charge in [0.2, 0.25) is 5.91 Å². The zero-order valence-electron chi connectivity index (χ0n) is 18.0. The highest BCUT2D eigenvalue weighted by atomic mass is 32.2. The molecule has 0 aliphatic carbocycles. The molecule has 2 heterocycles. The van der Waals surface area contributed by atoms with Crippen LogP contribution in [0.15, 0.2) is 0 Å². The molecule has 3 amide bonds. The summed E-state index contributed by atoms with van der Waals surface area (Å²) in [4.78, 5) is 34.8. The van der Waals surface area contributed by atoms with Crippen LogP contribution in [0.25, 0.3) is 0 Å². The number of hydrogen-bond acceptors (Lipinski definition) is 6. The van der Waals surface area contributed by atoms with Crippen molar-refractivity contribution in [3.8, 4) is 0 Å². The van der Waals surface area contributed by atoms with Gasteiger partial charge < -0.3 is 26.4 Å². The largest absolute Gasteiger partial charge is 0.466 e. The van der Waals surface area contributed by atoms with Crippen LogP contribution >= 0.6 is 11.8 Å². The van der Waals surface area contributed by atoms with Gasteiger partial charge >= 0.3 is 12.0 Å². The summed E-state index contributed by atoms with van der Waals surface area (Å²) in [5, 5.41) is 9.37. The van der Waals surface area contributed by atoms with Gasteiger partial charge in [0.25, 0.3) is 0 Å². The molecule has 0 radical (unpaired) electrons. The van der Waals surface area contributed by atoms with Crippen molar-refractivity contribution in [3.63, 3.8) is 0 Å². The zero-order chi connectivity index (χ0) is 21.6. The average molecular weight is 443 g/mol. The summed E-state index contributed by atoms with van der Waals surface area (Å²) in [6, 6.07) is 0.457. The molecule has 5 N–H and O–H groups in total. The minimum Gasteiger partial charge on any atom is -0.466 e. The molecule has 3 atom stereocenters. The lowest BCUT2D eigenvalue weighted by Crippen LogP contribution is -2.36. The molecule has 2 aliphatic heterocycles. The van der Waals surface area contributed by atoms with E-state index in [0.29, 0.717) is 37.8 Å². The molecular formula is C21H38N4O4S. The summed E-state index contributed by atoms with van der Waals surface area (Å²) in [6.45, 7) is 1.80. The van der Waals surface area contributed by atoms with Crippen molar-refractivity contribution in [2.75, 3.05) is 25.4 Å². The van der Waals surface area contributed by atoms with Crippen LogP contribution in [0.1, 0.15) is 70.6 Å². The first-order chi connectivity index (χ1) is 14.6.